The largest absolute Gasteiger partial charge is 0.494 e. The standard InChI is InChI=1S/C19H21NO4/c1-3-24-17-11-4-14(5-12-17)6-13-18(21)20-16-9-7-15(8-10-16)19(22)23-2/h4-5,7-12H,3,6,13H2,1-2H3,(H,20,21). The minimum absolute atomic E-state index is 0.0743. The number of benzene rings is 2. The molecule has 0 aliphatic carbocycles. The highest BCUT2D eigenvalue weighted by atomic mass is 16.5. The van der Waals surface area contributed by atoms with Gasteiger partial charge in [-0.15, -0.1) is 0 Å². The molecule has 0 aliphatic heterocycles. The van der Waals surface area contributed by atoms with Gasteiger partial charge in [-0.25, -0.2) is 4.79 Å². The number of rotatable bonds is 7. The van der Waals surface area contributed by atoms with Gasteiger partial charge in [0.1, 0.15) is 5.75 Å². The molecule has 2 aromatic carbocycles. The summed E-state index contributed by atoms with van der Waals surface area (Å²) >= 11 is 0. The zero-order valence-electron chi connectivity index (χ0n) is 13.9. The highest BCUT2D eigenvalue weighted by molar-refractivity contribution is 5.93. The lowest BCUT2D eigenvalue weighted by molar-refractivity contribution is -0.116. The first-order valence-electron chi connectivity index (χ1n) is 7.82. The number of methoxy groups -OCH3 is 1. The van der Waals surface area contributed by atoms with Crippen LogP contribution in [0.25, 0.3) is 0 Å². The van der Waals surface area contributed by atoms with Crippen LogP contribution in [0.3, 0.4) is 0 Å². The summed E-state index contributed by atoms with van der Waals surface area (Å²) in [6, 6.07) is 14.3. The van der Waals surface area contributed by atoms with E-state index in [0.29, 0.717) is 30.7 Å². The van der Waals surface area contributed by atoms with E-state index in [0.717, 1.165) is 11.3 Å². The number of anilines is 1. The van der Waals surface area contributed by atoms with Crippen LogP contribution in [0.5, 0.6) is 5.75 Å². The molecule has 0 spiro atoms. The van der Waals surface area contributed by atoms with E-state index in [1.165, 1.54) is 7.11 Å². The fourth-order valence-electron chi connectivity index (χ4n) is 2.21. The van der Waals surface area contributed by atoms with E-state index in [4.69, 9.17) is 4.74 Å². The average molecular weight is 327 g/mol. The summed E-state index contributed by atoms with van der Waals surface area (Å²) in [5.74, 6) is 0.356. The van der Waals surface area contributed by atoms with Gasteiger partial charge in [0.25, 0.3) is 0 Å². The van der Waals surface area contributed by atoms with Gasteiger partial charge in [0.2, 0.25) is 5.91 Å². The maximum Gasteiger partial charge on any atom is 0.337 e. The molecular formula is C19H21NO4. The molecule has 0 aliphatic rings. The van der Waals surface area contributed by atoms with Crippen LogP contribution in [-0.4, -0.2) is 25.6 Å². The fraction of sp³-hybridized carbons (Fsp3) is 0.263. The second kappa shape index (κ2) is 8.72. The van der Waals surface area contributed by atoms with Crippen LogP contribution in [0.15, 0.2) is 48.5 Å². The summed E-state index contributed by atoms with van der Waals surface area (Å²) in [7, 11) is 1.33. The third kappa shape index (κ3) is 5.12. The van der Waals surface area contributed by atoms with E-state index in [1.54, 1.807) is 24.3 Å². The number of carbonyl (C=O) groups is 2. The van der Waals surface area contributed by atoms with E-state index in [-0.39, 0.29) is 5.91 Å². The van der Waals surface area contributed by atoms with Crippen LogP contribution in [0.1, 0.15) is 29.3 Å². The summed E-state index contributed by atoms with van der Waals surface area (Å²) in [6.07, 6.45) is 1.03. The van der Waals surface area contributed by atoms with Gasteiger partial charge in [0, 0.05) is 12.1 Å². The summed E-state index contributed by atoms with van der Waals surface area (Å²) in [4.78, 5) is 23.4. The minimum atomic E-state index is -0.400. The van der Waals surface area contributed by atoms with E-state index in [2.05, 4.69) is 10.1 Å². The van der Waals surface area contributed by atoms with Gasteiger partial charge in [0.15, 0.2) is 0 Å². The normalized spacial score (nSPS) is 10.1. The van der Waals surface area contributed by atoms with Crippen molar-refractivity contribution >= 4 is 17.6 Å². The Morgan fingerprint density at radius 2 is 1.67 bits per heavy atom. The zero-order valence-corrected chi connectivity index (χ0v) is 13.9. The number of hydrogen-bond acceptors (Lipinski definition) is 4. The average Bonchev–Trinajstić information content (AvgIpc) is 2.61. The molecule has 0 aromatic heterocycles. The number of hydrogen-bond donors (Lipinski definition) is 1. The van der Waals surface area contributed by atoms with Gasteiger partial charge in [-0.2, -0.15) is 0 Å². The Bertz CT molecular complexity index is 678. The summed E-state index contributed by atoms with van der Waals surface area (Å²) in [5, 5.41) is 2.81. The van der Waals surface area contributed by atoms with Gasteiger partial charge in [-0.3, -0.25) is 4.79 Å². The lowest BCUT2D eigenvalue weighted by Gasteiger charge is -2.07. The Morgan fingerprint density at radius 3 is 2.25 bits per heavy atom. The maximum absolute atomic E-state index is 12.0. The Morgan fingerprint density at radius 1 is 1.00 bits per heavy atom. The van der Waals surface area contributed by atoms with Crippen molar-refractivity contribution in [1.82, 2.24) is 0 Å². The molecule has 0 unspecified atom stereocenters. The Balaban J connectivity index is 1.83. The molecule has 0 radical (unpaired) electrons. The zero-order chi connectivity index (χ0) is 17.4. The molecule has 2 rings (SSSR count). The highest BCUT2D eigenvalue weighted by Crippen LogP contribution is 2.14. The molecule has 0 atom stereocenters. The number of ether oxygens (including phenoxy) is 2. The van der Waals surface area contributed by atoms with Gasteiger partial charge in [-0.1, -0.05) is 12.1 Å². The van der Waals surface area contributed by atoms with Crippen LogP contribution in [-0.2, 0) is 16.0 Å². The van der Waals surface area contributed by atoms with Crippen LogP contribution in [0.2, 0.25) is 0 Å². The number of nitrogens with one attached hydrogen (secondary N) is 1. The van der Waals surface area contributed by atoms with Crippen molar-refractivity contribution in [3.05, 3.63) is 59.7 Å². The molecule has 0 heterocycles. The van der Waals surface area contributed by atoms with Gasteiger partial charge in [-0.05, 0) is 55.3 Å². The number of aryl methyl sites for hydroxylation is 1. The molecule has 24 heavy (non-hydrogen) atoms. The Hall–Kier alpha value is -2.82. The lowest BCUT2D eigenvalue weighted by atomic mass is 10.1. The van der Waals surface area contributed by atoms with Crippen LogP contribution in [0.4, 0.5) is 5.69 Å². The first kappa shape index (κ1) is 17.5. The van der Waals surface area contributed by atoms with Gasteiger partial charge < -0.3 is 14.8 Å². The van der Waals surface area contributed by atoms with Crippen molar-refractivity contribution in [3.63, 3.8) is 0 Å². The van der Waals surface area contributed by atoms with Crippen molar-refractivity contribution in [3.8, 4) is 5.75 Å². The molecule has 1 N–H and O–H groups in total. The number of esters is 1. The summed E-state index contributed by atoms with van der Waals surface area (Å²) in [6.45, 7) is 2.58. The molecule has 0 saturated carbocycles. The molecule has 1 amide bonds. The monoisotopic (exact) mass is 327 g/mol. The first-order chi connectivity index (χ1) is 11.6. The fourth-order valence-corrected chi connectivity index (χ4v) is 2.21. The van der Waals surface area contributed by atoms with Crippen molar-refractivity contribution in [1.29, 1.82) is 0 Å². The molecule has 5 heteroatoms. The van der Waals surface area contributed by atoms with Crippen molar-refractivity contribution < 1.29 is 19.1 Å². The Labute approximate surface area is 141 Å². The third-order valence-electron chi connectivity index (χ3n) is 3.46. The quantitative estimate of drug-likeness (QED) is 0.791. The van der Waals surface area contributed by atoms with E-state index in [1.807, 2.05) is 31.2 Å². The second-order valence-corrected chi connectivity index (χ2v) is 5.19. The first-order valence-corrected chi connectivity index (χ1v) is 7.82. The van der Waals surface area contributed by atoms with E-state index in [9.17, 15) is 9.59 Å². The molecular weight excluding hydrogens is 306 g/mol. The molecule has 0 fully saturated rings. The van der Waals surface area contributed by atoms with Crippen LogP contribution in [0, 0.1) is 0 Å². The number of amides is 1. The third-order valence-corrected chi connectivity index (χ3v) is 3.46. The lowest BCUT2D eigenvalue weighted by Crippen LogP contribution is -2.12. The minimum Gasteiger partial charge on any atom is -0.494 e. The smallest absolute Gasteiger partial charge is 0.337 e. The van der Waals surface area contributed by atoms with Crippen molar-refractivity contribution in [2.75, 3.05) is 19.0 Å². The molecule has 2 aromatic rings. The number of carbonyl (C=O) groups excluding carboxylic acids is 2. The van der Waals surface area contributed by atoms with Crippen LogP contribution >= 0.6 is 0 Å². The molecule has 5 nitrogen and oxygen atoms in total. The second-order valence-electron chi connectivity index (χ2n) is 5.19. The van der Waals surface area contributed by atoms with E-state index < -0.39 is 5.97 Å². The predicted molar refractivity (Wildman–Crippen MR) is 92.3 cm³/mol. The SMILES string of the molecule is CCOc1ccc(CCC(=O)Nc2ccc(C(=O)OC)cc2)cc1. The van der Waals surface area contributed by atoms with Crippen molar-refractivity contribution in [2.45, 2.75) is 19.8 Å². The van der Waals surface area contributed by atoms with E-state index >= 15 is 0 Å². The Kier molecular flexibility index (Phi) is 6.37. The summed E-state index contributed by atoms with van der Waals surface area (Å²) in [5.41, 5.74) is 2.18. The molecule has 126 valence electrons. The van der Waals surface area contributed by atoms with Gasteiger partial charge in [0.05, 0.1) is 19.3 Å². The predicted octanol–water partition coefficient (Wildman–Crippen LogP) is 3.44. The maximum atomic E-state index is 12.0. The topological polar surface area (TPSA) is 64.6 Å². The van der Waals surface area contributed by atoms with Crippen LogP contribution < -0.4 is 10.1 Å². The van der Waals surface area contributed by atoms with Crippen molar-refractivity contribution in [2.24, 2.45) is 0 Å². The molecule has 0 bridgehead atoms. The molecule has 0 saturated heterocycles. The summed E-state index contributed by atoms with van der Waals surface area (Å²) < 4.78 is 10.0. The van der Waals surface area contributed by atoms with Gasteiger partial charge >= 0.3 is 5.97 Å². The highest BCUT2D eigenvalue weighted by Gasteiger charge is 2.07.